The van der Waals surface area contributed by atoms with Gasteiger partial charge in [0.1, 0.15) is 16.2 Å². The Labute approximate surface area is 109 Å². The highest BCUT2D eigenvalue weighted by atomic mass is 79.9. The molecule has 2 aromatic heterocycles. The molecule has 2 aromatic rings. The fraction of sp³-hybridized carbons (Fsp3) is 0.333. The first-order chi connectivity index (χ1) is 8.15. The fourth-order valence-corrected chi connectivity index (χ4v) is 1.77. The molecule has 0 fully saturated rings. The van der Waals surface area contributed by atoms with Crippen LogP contribution >= 0.6 is 15.9 Å². The Morgan fingerprint density at radius 1 is 1.41 bits per heavy atom. The van der Waals surface area contributed by atoms with E-state index in [1.165, 1.54) is 0 Å². The van der Waals surface area contributed by atoms with Gasteiger partial charge in [0.2, 0.25) is 0 Å². The largest absolute Gasteiger partial charge is 0.472 e. The van der Waals surface area contributed by atoms with E-state index in [0.29, 0.717) is 12.5 Å². The maximum atomic E-state index is 5.01. The molecule has 0 amide bonds. The first-order valence-corrected chi connectivity index (χ1v) is 6.24. The van der Waals surface area contributed by atoms with Crippen LogP contribution in [0.5, 0.6) is 0 Å². The van der Waals surface area contributed by atoms with Gasteiger partial charge in [0.25, 0.3) is 0 Å². The van der Waals surface area contributed by atoms with Crippen molar-refractivity contribution in [3.8, 4) is 0 Å². The topological polar surface area (TPSA) is 51.0 Å². The third-order valence-corrected chi connectivity index (χ3v) is 2.69. The Balaban J connectivity index is 2.10. The molecule has 0 unspecified atom stereocenters. The van der Waals surface area contributed by atoms with E-state index >= 15 is 0 Å². The third kappa shape index (κ3) is 3.30. The van der Waals surface area contributed by atoms with Gasteiger partial charge >= 0.3 is 0 Å². The summed E-state index contributed by atoms with van der Waals surface area (Å²) < 4.78 is 5.80. The zero-order valence-electron chi connectivity index (χ0n) is 9.77. The van der Waals surface area contributed by atoms with Crippen LogP contribution < -0.4 is 5.32 Å². The summed E-state index contributed by atoms with van der Waals surface area (Å²) in [4.78, 5) is 8.78. The number of nitrogens with zero attached hydrogens (tertiary/aromatic N) is 2. The van der Waals surface area contributed by atoms with Crippen LogP contribution in [0.1, 0.15) is 31.2 Å². The number of aromatic nitrogens is 2. The molecule has 0 saturated heterocycles. The lowest BCUT2D eigenvalue weighted by Crippen LogP contribution is -2.05. The van der Waals surface area contributed by atoms with E-state index in [1.54, 1.807) is 12.5 Å². The van der Waals surface area contributed by atoms with Gasteiger partial charge in [0.05, 0.1) is 12.5 Å². The molecule has 2 heterocycles. The predicted molar refractivity (Wildman–Crippen MR) is 69.9 cm³/mol. The summed E-state index contributed by atoms with van der Waals surface area (Å²) >= 11 is 3.39. The van der Waals surface area contributed by atoms with E-state index < -0.39 is 0 Å². The molecule has 90 valence electrons. The minimum absolute atomic E-state index is 0.307. The predicted octanol–water partition coefficient (Wildman–Crippen LogP) is 3.57. The van der Waals surface area contributed by atoms with Crippen molar-refractivity contribution in [3.05, 3.63) is 40.7 Å². The Bertz CT molecular complexity index is 483. The lowest BCUT2D eigenvalue weighted by Gasteiger charge is -2.08. The highest BCUT2D eigenvalue weighted by Crippen LogP contribution is 2.17. The van der Waals surface area contributed by atoms with Gasteiger partial charge < -0.3 is 9.73 Å². The van der Waals surface area contributed by atoms with Crippen LogP contribution in [-0.2, 0) is 6.54 Å². The molecule has 1 N–H and O–H groups in total. The van der Waals surface area contributed by atoms with E-state index in [1.807, 2.05) is 12.1 Å². The van der Waals surface area contributed by atoms with Gasteiger partial charge in [-0.1, -0.05) is 13.8 Å². The van der Waals surface area contributed by atoms with Gasteiger partial charge in [-0.25, -0.2) is 9.97 Å². The average molecular weight is 296 g/mol. The molecule has 0 bridgehead atoms. The maximum Gasteiger partial charge on any atom is 0.134 e. The molecular formula is C12H14BrN3O. The van der Waals surface area contributed by atoms with E-state index in [9.17, 15) is 0 Å². The van der Waals surface area contributed by atoms with Crippen molar-refractivity contribution in [2.45, 2.75) is 26.3 Å². The molecule has 5 heteroatoms. The minimum atomic E-state index is 0.307. The molecule has 0 radical (unpaired) electrons. The SMILES string of the molecule is CC(C)c1nc(Br)cc(NCc2ccoc2)n1. The number of furan rings is 1. The van der Waals surface area contributed by atoms with Crippen molar-refractivity contribution in [2.75, 3.05) is 5.32 Å². The molecule has 2 rings (SSSR count). The minimum Gasteiger partial charge on any atom is -0.472 e. The monoisotopic (exact) mass is 295 g/mol. The summed E-state index contributed by atoms with van der Waals surface area (Å²) in [6.07, 6.45) is 3.37. The smallest absolute Gasteiger partial charge is 0.134 e. The Morgan fingerprint density at radius 2 is 2.24 bits per heavy atom. The van der Waals surface area contributed by atoms with Crippen molar-refractivity contribution >= 4 is 21.7 Å². The van der Waals surface area contributed by atoms with Crippen LogP contribution in [0.25, 0.3) is 0 Å². The highest BCUT2D eigenvalue weighted by Gasteiger charge is 2.06. The molecule has 0 spiro atoms. The van der Waals surface area contributed by atoms with Crippen LogP contribution in [0.4, 0.5) is 5.82 Å². The van der Waals surface area contributed by atoms with E-state index in [4.69, 9.17) is 4.42 Å². The van der Waals surface area contributed by atoms with Crippen molar-refractivity contribution in [3.63, 3.8) is 0 Å². The second kappa shape index (κ2) is 5.31. The lowest BCUT2D eigenvalue weighted by atomic mass is 10.2. The number of hydrogen-bond acceptors (Lipinski definition) is 4. The molecule has 0 saturated carbocycles. The van der Waals surface area contributed by atoms with Crippen molar-refractivity contribution in [2.24, 2.45) is 0 Å². The third-order valence-electron chi connectivity index (χ3n) is 2.28. The van der Waals surface area contributed by atoms with Crippen LogP contribution in [-0.4, -0.2) is 9.97 Å². The van der Waals surface area contributed by atoms with Crippen LogP contribution in [0.2, 0.25) is 0 Å². The number of halogens is 1. The summed E-state index contributed by atoms with van der Waals surface area (Å²) in [7, 11) is 0. The fourth-order valence-electron chi connectivity index (χ4n) is 1.37. The number of rotatable bonds is 4. The summed E-state index contributed by atoms with van der Waals surface area (Å²) in [6.45, 7) is 4.83. The number of hydrogen-bond donors (Lipinski definition) is 1. The summed E-state index contributed by atoms with van der Waals surface area (Å²) in [5.74, 6) is 1.95. The van der Waals surface area contributed by atoms with Gasteiger partial charge in [-0.15, -0.1) is 0 Å². The normalized spacial score (nSPS) is 10.8. The first kappa shape index (κ1) is 12.1. The van der Waals surface area contributed by atoms with Gasteiger partial charge in [0.15, 0.2) is 0 Å². The number of anilines is 1. The Morgan fingerprint density at radius 3 is 2.88 bits per heavy atom. The van der Waals surface area contributed by atoms with E-state index in [0.717, 1.165) is 21.8 Å². The molecule has 0 aliphatic heterocycles. The Kier molecular flexibility index (Phi) is 3.78. The Hall–Kier alpha value is -1.36. The first-order valence-electron chi connectivity index (χ1n) is 5.44. The zero-order valence-corrected chi connectivity index (χ0v) is 11.4. The number of nitrogens with one attached hydrogen (secondary N) is 1. The van der Waals surface area contributed by atoms with Crippen LogP contribution in [0.15, 0.2) is 33.7 Å². The molecular weight excluding hydrogens is 282 g/mol. The van der Waals surface area contributed by atoms with Crippen molar-refractivity contribution in [1.82, 2.24) is 9.97 Å². The quantitative estimate of drug-likeness (QED) is 0.876. The average Bonchev–Trinajstić information content (AvgIpc) is 2.78. The van der Waals surface area contributed by atoms with Crippen LogP contribution in [0.3, 0.4) is 0 Å². The zero-order chi connectivity index (χ0) is 12.3. The second-order valence-electron chi connectivity index (χ2n) is 4.07. The molecule has 0 aliphatic carbocycles. The van der Waals surface area contributed by atoms with Crippen molar-refractivity contribution in [1.29, 1.82) is 0 Å². The summed E-state index contributed by atoms with van der Waals surface area (Å²) in [5.41, 5.74) is 1.09. The highest BCUT2D eigenvalue weighted by molar-refractivity contribution is 9.10. The molecule has 0 atom stereocenters. The van der Waals surface area contributed by atoms with E-state index in [2.05, 4.69) is 45.1 Å². The van der Waals surface area contributed by atoms with Gasteiger partial charge in [-0.3, -0.25) is 0 Å². The second-order valence-corrected chi connectivity index (χ2v) is 4.89. The standard InChI is InChI=1S/C12H14BrN3O/c1-8(2)12-15-10(13)5-11(16-12)14-6-9-3-4-17-7-9/h3-5,7-8H,6H2,1-2H3,(H,14,15,16). The van der Waals surface area contributed by atoms with Gasteiger partial charge in [-0.05, 0) is 22.0 Å². The van der Waals surface area contributed by atoms with Crippen LogP contribution in [0, 0.1) is 0 Å². The van der Waals surface area contributed by atoms with E-state index in [-0.39, 0.29) is 0 Å². The summed E-state index contributed by atoms with van der Waals surface area (Å²) in [6, 6.07) is 3.79. The molecule has 4 nitrogen and oxygen atoms in total. The molecule has 0 aromatic carbocycles. The van der Waals surface area contributed by atoms with Crippen molar-refractivity contribution < 1.29 is 4.42 Å². The maximum absolute atomic E-state index is 5.01. The van der Waals surface area contributed by atoms with Gasteiger partial charge in [0, 0.05) is 24.1 Å². The van der Waals surface area contributed by atoms with Gasteiger partial charge in [-0.2, -0.15) is 0 Å². The molecule has 0 aliphatic rings. The lowest BCUT2D eigenvalue weighted by molar-refractivity contribution is 0.564. The molecule has 17 heavy (non-hydrogen) atoms. The summed E-state index contributed by atoms with van der Waals surface area (Å²) in [5, 5.41) is 3.24.